The quantitative estimate of drug-likeness (QED) is 0.561. The smallest absolute Gasteiger partial charge is 0.121 e. The van der Waals surface area contributed by atoms with E-state index >= 15 is 0 Å². The van der Waals surface area contributed by atoms with Gasteiger partial charge in [0.2, 0.25) is 0 Å². The zero-order valence-electron chi connectivity index (χ0n) is 9.70. The maximum absolute atomic E-state index is 5.20. The van der Waals surface area contributed by atoms with E-state index in [1.165, 1.54) is 0 Å². The number of aryl methyl sites for hydroxylation is 1. The molecule has 0 aromatic heterocycles. The second-order valence-electron chi connectivity index (χ2n) is 3.26. The van der Waals surface area contributed by atoms with Gasteiger partial charge in [-0.1, -0.05) is 12.1 Å². The summed E-state index contributed by atoms with van der Waals surface area (Å²) in [5.41, 5.74) is 3.13. The highest BCUT2D eigenvalue weighted by atomic mass is 16.6. The number of nitrogens with zero attached hydrogens (tertiary/aromatic N) is 1. The highest BCUT2D eigenvalue weighted by Gasteiger charge is 2.05. The predicted octanol–water partition coefficient (Wildman–Crippen LogP) is 2.76. The molecule has 0 aliphatic heterocycles. The molecule has 1 rings (SSSR count). The van der Waals surface area contributed by atoms with Gasteiger partial charge < -0.3 is 9.57 Å². The van der Waals surface area contributed by atoms with E-state index in [0.717, 1.165) is 29.0 Å². The van der Waals surface area contributed by atoms with Gasteiger partial charge in [0.15, 0.2) is 0 Å². The molecule has 0 bridgehead atoms. The summed E-state index contributed by atoms with van der Waals surface area (Å²) in [5, 5.41) is 3.99. The molecule has 0 spiro atoms. The molecule has 3 nitrogen and oxygen atoms in total. The average Bonchev–Trinajstić information content (AvgIpc) is 2.25. The van der Waals surface area contributed by atoms with Gasteiger partial charge >= 0.3 is 0 Å². The lowest BCUT2D eigenvalue weighted by Crippen LogP contribution is -2.00. The second-order valence-corrected chi connectivity index (χ2v) is 3.26. The van der Waals surface area contributed by atoms with Crippen LogP contribution in [0.25, 0.3) is 0 Å². The van der Waals surface area contributed by atoms with Crippen LogP contribution in [0.4, 0.5) is 0 Å². The van der Waals surface area contributed by atoms with Crippen LogP contribution in [0.15, 0.2) is 23.4 Å². The van der Waals surface area contributed by atoms with Crippen LogP contribution in [0, 0.1) is 6.92 Å². The molecule has 0 heterocycles. The van der Waals surface area contributed by atoms with Gasteiger partial charge in [0.1, 0.15) is 12.9 Å². The third-order valence-corrected chi connectivity index (χ3v) is 2.26. The van der Waals surface area contributed by atoms with E-state index in [1.54, 1.807) is 14.2 Å². The van der Waals surface area contributed by atoms with E-state index in [0.29, 0.717) is 0 Å². The van der Waals surface area contributed by atoms with E-state index < -0.39 is 0 Å². The Morgan fingerprint density at radius 1 is 1.33 bits per heavy atom. The second kappa shape index (κ2) is 5.39. The fraction of sp³-hybridized carbons (Fsp3) is 0.417. The Labute approximate surface area is 90.7 Å². The normalized spacial score (nSPS) is 11.3. The maximum atomic E-state index is 5.20. The lowest BCUT2D eigenvalue weighted by atomic mass is 10.1. The van der Waals surface area contributed by atoms with E-state index in [1.807, 2.05) is 19.1 Å². The van der Waals surface area contributed by atoms with Gasteiger partial charge in [0.05, 0.1) is 12.8 Å². The van der Waals surface area contributed by atoms with Crippen molar-refractivity contribution in [3.8, 4) is 5.75 Å². The largest absolute Gasteiger partial charge is 0.496 e. The van der Waals surface area contributed by atoms with Crippen LogP contribution in [0.5, 0.6) is 5.75 Å². The van der Waals surface area contributed by atoms with Gasteiger partial charge in [-0.15, -0.1) is 0 Å². The van der Waals surface area contributed by atoms with Crippen molar-refractivity contribution in [2.24, 2.45) is 5.16 Å². The van der Waals surface area contributed by atoms with E-state index in [9.17, 15) is 0 Å². The third kappa shape index (κ3) is 2.72. The molecule has 82 valence electrons. The van der Waals surface area contributed by atoms with Crippen molar-refractivity contribution >= 4 is 5.71 Å². The summed E-state index contributed by atoms with van der Waals surface area (Å²) in [6.07, 6.45) is 0.847. The van der Waals surface area contributed by atoms with Crippen LogP contribution in [0.2, 0.25) is 0 Å². The highest BCUT2D eigenvalue weighted by molar-refractivity contribution is 6.00. The first-order chi connectivity index (χ1) is 7.22. The van der Waals surface area contributed by atoms with Gasteiger partial charge in [-0.05, 0) is 42.7 Å². The number of rotatable bonds is 4. The maximum Gasteiger partial charge on any atom is 0.121 e. The first-order valence-corrected chi connectivity index (χ1v) is 4.98. The molecule has 0 amide bonds. The molecule has 1 aromatic carbocycles. The number of hydrogen-bond donors (Lipinski definition) is 0. The fourth-order valence-corrected chi connectivity index (χ4v) is 1.49. The molecule has 0 saturated heterocycles. The molecule has 0 N–H and O–H groups in total. The summed E-state index contributed by atoms with van der Waals surface area (Å²) in [7, 11) is 3.23. The highest BCUT2D eigenvalue weighted by Crippen LogP contribution is 2.19. The summed E-state index contributed by atoms with van der Waals surface area (Å²) in [6, 6.07) is 6.00. The Bertz CT molecular complexity index is 359. The zero-order chi connectivity index (χ0) is 11.3. The van der Waals surface area contributed by atoms with E-state index in [2.05, 4.69) is 18.1 Å². The van der Waals surface area contributed by atoms with Crippen molar-refractivity contribution in [3.05, 3.63) is 29.3 Å². The predicted molar refractivity (Wildman–Crippen MR) is 61.6 cm³/mol. The summed E-state index contributed by atoms with van der Waals surface area (Å²) < 4.78 is 5.20. The minimum absolute atomic E-state index is 0.847. The molecule has 0 atom stereocenters. The lowest BCUT2D eigenvalue weighted by molar-refractivity contribution is 0.213. The van der Waals surface area contributed by atoms with Crippen molar-refractivity contribution in [2.45, 2.75) is 20.3 Å². The third-order valence-electron chi connectivity index (χ3n) is 2.26. The zero-order valence-corrected chi connectivity index (χ0v) is 9.70. The minimum atomic E-state index is 0.847. The number of hydrogen-bond acceptors (Lipinski definition) is 3. The van der Waals surface area contributed by atoms with Crippen LogP contribution >= 0.6 is 0 Å². The molecule has 0 unspecified atom stereocenters. The minimum Gasteiger partial charge on any atom is -0.496 e. The Hall–Kier alpha value is -1.51. The number of methoxy groups -OCH3 is 1. The van der Waals surface area contributed by atoms with Gasteiger partial charge in [-0.3, -0.25) is 0 Å². The van der Waals surface area contributed by atoms with Crippen LogP contribution < -0.4 is 4.74 Å². The molecule has 0 aliphatic rings. The van der Waals surface area contributed by atoms with E-state index in [-0.39, 0.29) is 0 Å². The summed E-state index contributed by atoms with van der Waals surface area (Å²) in [6.45, 7) is 4.07. The summed E-state index contributed by atoms with van der Waals surface area (Å²) in [4.78, 5) is 4.80. The molecule has 15 heavy (non-hydrogen) atoms. The number of benzene rings is 1. The molecule has 0 aliphatic carbocycles. The average molecular weight is 207 g/mol. The van der Waals surface area contributed by atoms with Crippen molar-refractivity contribution in [1.82, 2.24) is 0 Å². The first-order valence-electron chi connectivity index (χ1n) is 4.98. The SMILES string of the molecule is CC/C(=N\OC)c1ccc(OC)c(C)c1. The molecule has 0 saturated carbocycles. The first kappa shape index (κ1) is 11.6. The van der Waals surface area contributed by atoms with Gasteiger partial charge in [-0.25, -0.2) is 0 Å². The van der Waals surface area contributed by atoms with Crippen molar-refractivity contribution in [2.75, 3.05) is 14.2 Å². The Balaban J connectivity index is 3.05. The standard InChI is InChI=1S/C12H17NO2/c1-5-11(13-15-4)10-6-7-12(14-3)9(2)8-10/h6-8H,5H2,1-4H3/b13-11+. The van der Waals surface area contributed by atoms with Crippen LogP contribution in [0.3, 0.4) is 0 Å². The fourth-order valence-electron chi connectivity index (χ4n) is 1.49. The van der Waals surface area contributed by atoms with Crippen molar-refractivity contribution < 1.29 is 9.57 Å². The molecule has 0 fully saturated rings. The molecular formula is C12H17NO2. The molecular weight excluding hydrogens is 190 g/mol. The van der Waals surface area contributed by atoms with E-state index in [4.69, 9.17) is 9.57 Å². The number of ether oxygens (including phenoxy) is 1. The summed E-state index contributed by atoms with van der Waals surface area (Å²) >= 11 is 0. The molecule has 1 aromatic rings. The van der Waals surface area contributed by atoms with Crippen LogP contribution in [-0.2, 0) is 4.84 Å². The van der Waals surface area contributed by atoms with Gasteiger partial charge in [0, 0.05) is 0 Å². The lowest BCUT2D eigenvalue weighted by Gasteiger charge is -2.08. The van der Waals surface area contributed by atoms with Crippen LogP contribution in [-0.4, -0.2) is 19.9 Å². The Morgan fingerprint density at radius 3 is 2.53 bits per heavy atom. The molecule has 3 heteroatoms. The number of oxime groups is 1. The molecule has 0 radical (unpaired) electrons. The Morgan fingerprint density at radius 2 is 2.07 bits per heavy atom. The van der Waals surface area contributed by atoms with Crippen molar-refractivity contribution in [1.29, 1.82) is 0 Å². The van der Waals surface area contributed by atoms with Gasteiger partial charge in [-0.2, -0.15) is 0 Å². The monoisotopic (exact) mass is 207 g/mol. The summed E-state index contributed by atoms with van der Waals surface area (Å²) in [5.74, 6) is 0.895. The van der Waals surface area contributed by atoms with Crippen LogP contribution in [0.1, 0.15) is 24.5 Å². The van der Waals surface area contributed by atoms with Gasteiger partial charge in [0.25, 0.3) is 0 Å². The van der Waals surface area contributed by atoms with Crippen molar-refractivity contribution in [3.63, 3.8) is 0 Å². The Kier molecular flexibility index (Phi) is 4.16. The topological polar surface area (TPSA) is 30.8 Å².